The van der Waals surface area contributed by atoms with Gasteiger partial charge in [0.1, 0.15) is 11.4 Å². The number of hydrogen-bond acceptors (Lipinski definition) is 6. The van der Waals surface area contributed by atoms with E-state index in [1.165, 1.54) is 23.0 Å². The molecular weight excluding hydrogens is 514 g/mol. The summed E-state index contributed by atoms with van der Waals surface area (Å²) >= 11 is 0. The Hall–Kier alpha value is -3.51. The number of benzene rings is 1. The summed E-state index contributed by atoms with van der Waals surface area (Å²) in [6, 6.07) is 7.11. The van der Waals surface area contributed by atoms with Crippen molar-refractivity contribution in [1.82, 2.24) is 19.7 Å². The summed E-state index contributed by atoms with van der Waals surface area (Å²) < 4.78 is 85.9. The SMILES string of the molecule is CC(C)n1nc(N[C@@H]2[C@@H]3CC[C@H]2CN(c2ccnc(C(F)(F)F)c2)C3)nc1Oc1cccc(C(F)(F)F)c1. The van der Waals surface area contributed by atoms with Crippen LogP contribution in [0, 0.1) is 11.8 Å². The molecule has 2 bridgehead atoms. The highest BCUT2D eigenvalue weighted by atomic mass is 19.4. The minimum Gasteiger partial charge on any atom is -0.424 e. The van der Waals surface area contributed by atoms with Gasteiger partial charge in [0.05, 0.1) is 11.6 Å². The molecule has 1 saturated heterocycles. The molecule has 2 aromatic heterocycles. The molecule has 1 N–H and O–H groups in total. The summed E-state index contributed by atoms with van der Waals surface area (Å²) in [5, 5.41) is 7.85. The quantitative estimate of drug-likeness (QED) is 0.365. The van der Waals surface area contributed by atoms with E-state index >= 15 is 0 Å². The van der Waals surface area contributed by atoms with Crippen LogP contribution in [0.1, 0.15) is 44.0 Å². The number of fused-ring (bicyclic) bond motifs is 2. The van der Waals surface area contributed by atoms with Gasteiger partial charge in [-0.15, -0.1) is 5.10 Å². The molecule has 204 valence electrons. The van der Waals surface area contributed by atoms with Gasteiger partial charge in [0, 0.05) is 31.0 Å². The van der Waals surface area contributed by atoms with Crippen LogP contribution in [0.4, 0.5) is 38.0 Å². The van der Waals surface area contributed by atoms with Crippen LogP contribution in [0.5, 0.6) is 11.8 Å². The van der Waals surface area contributed by atoms with Crippen molar-refractivity contribution in [3.05, 3.63) is 53.9 Å². The van der Waals surface area contributed by atoms with Gasteiger partial charge in [0.15, 0.2) is 0 Å². The molecule has 1 aliphatic heterocycles. The molecule has 3 atom stereocenters. The number of halogens is 6. The maximum Gasteiger partial charge on any atom is 0.433 e. The number of anilines is 2. The highest BCUT2D eigenvalue weighted by Gasteiger charge is 2.43. The third kappa shape index (κ3) is 5.37. The van der Waals surface area contributed by atoms with Crippen LogP contribution in [-0.2, 0) is 12.4 Å². The van der Waals surface area contributed by atoms with Crippen LogP contribution in [-0.4, -0.2) is 38.9 Å². The minimum absolute atomic E-state index is 0.000377. The van der Waals surface area contributed by atoms with Crippen molar-refractivity contribution in [2.24, 2.45) is 11.8 Å². The third-order valence-corrected chi connectivity index (χ3v) is 6.99. The van der Waals surface area contributed by atoms with E-state index in [1.54, 1.807) is 6.07 Å². The van der Waals surface area contributed by atoms with Crippen molar-refractivity contribution >= 4 is 11.6 Å². The molecule has 0 amide bonds. The molecule has 2 fully saturated rings. The zero-order valence-corrected chi connectivity index (χ0v) is 20.6. The van der Waals surface area contributed by atoms with Gasteiger partial charge in [-0.25, -0.2) is 4.68 Å². The maximum absolute atomic E-state index is 13.1. The molecule has 13 heteroatoms. The molecule has 2 aliphatic rings. The largest absolute Gasteiger partial charge is 0.433 e. The number of rotatable bonds is 6. The first-order valence-corrected chi connectivity index (χ1v) is 12.2. The summed E-state index contributed by atoms with van der Waals surface area (Å²) in [4.78, 5) is 9.82. The predicted molar refractivity (Wildman–Crippen MR) is 127 cm³/mol. The Morgan fingerprint density at radius 2 is 1.68 bits per heavy atom. The van der Waals surface area contributed by atoms with E-state index in [2.05, 4.69) is 20.4 Å². The van der Waals surface area contributed by atoms with Crippen molar-refractivity contribution < 1.29 is 31.1 Å². The highest BCUT2D eigenvalue weighted by Crippen LogP contribution is 2.41. The van der Waals surface area contributed by atoms with Crippen LogP contribution in [0.2, 0.25) is 0 Å². The number of pyridine rings is 1. The van der Waals surface area contributed by atoms with Crippen LogP contribution in [0.25, 0.3) is 0 Å². The first-order valence-electron chi connectivity index (χ1n) is 12.2. The van der Waals surface area contributed by atoms with Gasteiger partial charge >= 0.3 is 18.4 Å². The average molecular weight is 541 g/mol. The van der Waals surface area contributed by atoms with Crippen molar-refractivity contribution in [1.29, 1.82) is 0 Å². The van der Waals surface area contributed by atoms with E-state index in [1.807, 2.05) is 18.7 Å². The Labute approximate surface area is 214 Å². The number of nitrogens with zero attached hydrogens (tertiary/aromatic N) is 5. The van der Waals surface area contributed by atoms with Gasteiger partial charge in [-0.05, 0) is 68.9 Å². The Bertz CT molecular complexity index is 1280. The lowest BCUT2D eigenvalue weighted by Crippen LogP contribution is -2.48. The monoisotopic (exact) mass is 540 g/mol. The summed E-state index contributed by atoms with van der Waals surface area (Å²) in [5.41, 5.74) is -1.26. The van der Waals surface area contributed by atoms with Crippen LogP contribution in [0.3, 0.4) is 0 Å². The molecule has 38 heavy (non-hydrogen) atoms. The predicted octanol–water partition coefficient (Wildman–Crippen LogP) is 6.41. The zero-order valence-electron chi connectivity index (χ0n) is 20.6. The summed E-state index contributed by atoms with van der Waals surface area (Å²) in [6.07, 6.45) is -6.04. The van der Waals surface area contributed by atoms with Gasteiger partial charge in [-0.3, -0.25) is 4.98 Å². The number of piperidine rings is 1. The topological polar surface area (TPSA) is 68.1 Å². The van der Waals surface area contributed by atoms with Gasteiger partial charge in [-0.2, -0.15) is 31.3 Å². The average Bonchev–Trinajstić information content (AvgIpc) is 3.34. The van der Waals surface area contributed by atoms with Crippen molar-refractivity contribution in [3.63, 3.8) is 0 Å². The zero-order chi connectivity index (χ0) is 27.2. The fraction of sp³-hybridized carbons (Fsp3) is 0.480. The molecule has 7 nitrogen and oxygen atoms in total. The Morgan fingerprint density at radius 3 is 2.32 bits per heavy atom. The summed E-state index contributed by atoms with van der Waals surface area (Å²) in [6.45, 7) is 4.83. The van der Waals surface area contributed by atoms with E-state index in [9.17, 15) is 26.3 Å². The smallest absolute Gasteiger partial charge is 0.424 e. The number of aromatic nitrogens is 4. The Balaban J connectivity index is 1.32. The van der Waals surface area contributed by atoms with Gasteiger partial charge < -0.3 is 15.0 Å². The number of ether oxygens (including phenoxy) is 1. The molecule has 1 aliphatic carbocycles. The molecule has 1 aromatic carbocycles. The van der Waals surface area contributed by atoms with E-state index < -0.39 is 23.6 Å². The Morgan fingerprint density at radius 1 is 0.974 bits per heavy atom. The van der Waals surface area contributed by atoms with E-state index in [-0.39, 0.29) is 35.7 Å². The number of hydrogen-bond donors (Lipinski definition) is 1. The van der Waals surface area contributed by atoms with Crippen LogP contribution in [0.15, 0.2) is 42.6 Å². The van der Waals surface area contributed by atoms with Crippen molar-refractivity contribution in [3.8, 4) is 11.8 Å². The van der Waals surface area contributed by atoms with Crippen molar-refractivity contribution in [2.75, 3.05) is 23.3 Å². The molecule has 1 saturated carbocycles. The minimum atomic E-state index is -4.51. The highest BCUT2D eigenvalue weighted by molar-refractivity contribution is 5.49. The first kappa shape index (κ1) is 26.1. The third-order valence-electron chi connectivity index (χ3n) is 6.99. The fourth-order valence-corrected chi connectivity index (χ4v) is 5.21. The van der Waals surface area contributed by atoms with Gasteiger partial charge in [0.25, 0.3) is 0 Å². The number of alkyl halides is 6. The molecule has 3 heterocycles. The standard InChI is InChI=1S/C25H26F6N6O/c1-14(2)37-23(38-19-5-3-4-17(10-19)24(26,27)28)34-22(35-37)33-21-15-6-7-16(21)13-36(12-15)18-8-9-32-20(11-18)25(29,30)31/h3-5,8-11,14-16,21H,6-7,12-13H2,1-2H3,(H,33,35)/t15-,16+,21-. The molecule has 5 rings (SSSR count). The second-order valence-electron chi connectivity index (χ2n) is 9.95. The van der Waals surface area contributed by atoms with Crippen LogP contribution >= 0.6 is 0 Å². The second kappa shape index (κ2) is 9.66. The molecule has 0 radical (unpaired) electrons. The Kier molecular flexibility index (Phi) is 6.64. The lowest BCUT2D eigenvalue weighted by Gasteiger charge is -2.39. The first-order chi connectivity index (χ1) is 17.9. The van der Waals surface area contributed by atoms with E-state index in [0.717, 1.165) is 31.0 Å². The molecule has 0 unspecified atom stereocenters. The summed E-state index contributed by atoms with van der Waals surface area (Å²) in [7, 11) is 0. The lowest BCUT2D eigenvalue weighted by molar-refractivity contribution is -0.141. The van der Waals surface area contributed by atoms with E-state index in [4.69, 9.17) is 4.74 Å². The van der Waals surface area contributed by atoms with Crippen LogP contribution < -0.4 is 15.0 Å². The fourth-order valence-electron chi connectivity index (χ4n) is 5.21. The number of nitrogens with one attached hydrogen (secondary N) is 1. The van der Waals surface area contributed by atoms with Crippen molar-refractivity contribution in [2.45, 2.75) is 51.1 Å². The second-order valence-corrected chi connectivity index (χ2v) is 9.95. The molecular formula is C25H26F6N6O. The van der Waals surface area contributed by atoms with Gasteiger partial charge in [-0.1, -0.05) is 6.07 Å². The normalized spacial score (nSPS) is 21.7. The van der Waals surface area contributed by atoms with Gasteiger partial charge in [0.2, 0.25) is 5.95 Å². The summed E-state index contributed by atoms with van der Waals surface area (Å²) in [5.74, 6) is 0.578. The lowest BCUT2D eigenvalue weighted by atomic mass is 9.92. The van der Waals surface area contributed by atoms with E-state index in [0.29, 0.717) is 24.7 Å². The molecule has 0 spiro atoms. The maximum atomic E-state index is 13.1. The molecule has 3 aromatic rings.